The fraction of sp³-hybridized carbons (Fsp3) is 0.809. The summed E-state index contributed by atoms with van der Waals surface area (Å²) in [7, 11) is 5.92. The molecule has 0 heterocycles. The number of hydrogen-bond donors (Lipinski definition) is 0. The van der Waals surface area contributed by atoms with E-state index in [2.05, 4.69) is 74.6 Å². The topological polar surface area (TPSA) is 111 Å². The van der Waals surface area contributed by atoms with Crippen LogP contribution in [0.1, 0.15) is 296 Å². The van der Waals surface area contributed by atoms with Crippen LogP contribution in [-0.4, -0.2) is 82.3 Å². The van der Waals surface area contributed by atoms with E-state index in [0.717, 1.165) is 70.6 Å². The molecule has 0 aliphatic carbocycles. The van der Waals surface area contributed by atoms with Gasteiger partial charge in [-0.25, -0.2) is 0 Å². The third-order valence-corrected chi connectivity index (χ3v) is 14.2. The number of unbranched alkanes of at least 4 members (excludes halogenated alkanes) is 35. The molecule has 2 unspecified atom stereocenters. The normalized spacial score (nSPS) is 13.1. The summed E-state index contributed by atoms with van der Waals surface area (Å²) in [5.74, 6) is -2.31. The molecule has 0 aromatic rings. The molecule has 448 valence electrons. The molecule has 9 heteroatoms. The monoisotopic (exact) mass is 1080 g/mol. The van der Waals surface area contributed by atoms with Gasteiger partial charge in [-0.15, -0.1) is 0 Å². The smallest absolute Gasteiger partial charge is 0.306 e. The molecule has 0 radical (unpaired) electrons. The van der Waals surface area contributed by atoms with Gasteiger partial charge in [0.05, 0.1) is 40.3 Å². The van der Waals surface area contributed by atoms with E-state index in [9.17, 15) is 19.5 Å². The van der Waals surface area contributed by atoms with E-state index < -0.39 is 24.3 Å². The first-order valence-corrected chi connectivity index (χ1v) is 32.4. The average molecular weight is 1080 g/mol. The van der Waals surface area contributed by atoms with E-state index >= 15 is 0 Å². The van der Waals surface area contributed by atoms with Crippen LogP contribution in [-0.2, 0) is 33.3 Å². The zero-order valence-corrected chi connectivity index (χ0v) is 51.1. The predicted molar refractivity (Wildman–Crippen MR) is 325 cm³/mol. The van der Waals surface area contributed by atoms with Crippen LogP contribution in [0, 0.1) is 0 Å². The Hall–Kier alpha value is -3.01. The number of likely N-dealkylation sites (N-methyl/N-ethyl adjacent to an activating group) is 1. The van der Waals surface area contributed by atoms with Crippen LogP contribution in [0.5, 0.6) is 0 Å². The van der Waals surface area contributed by atoms with Crippen molar-refractivity contribution in [2.24, 2.45) is 0 Å². The van der Waals surface area contributed by atoms with Crippen molar-refractivity contribution < 1.29 is 42.9 Å². The Morgan fingerprint density at radius 3 is 1.12 bits per heavy atom. The summed E-state index contributed by atoms with van der Waals surface area (Å²) in [4.78, 5) is 37.3. The Bertz CT molecular complexity index is 1450. The van der Waals surface area contributed by atoms with Crippen molar-refractivity contribution in [3.05, 3.63) is 60.8 Å². The van der Waals surface area contributed by atoms with Crippen molar-refractivity contribution in [1.29, 1.82) is 0 Å². The standard InChI is InChI=1S/C68H123NO8/c1-6-8-10-12-14-16-18-20-22-24-25-26-27-28-29-30-31-32-33-34-35-36-37-38-39-40-41-43-44-46-48-50-52-54-56-58-65(70)75-62-64(63-76-68(67(72)73)74-61-60-69(3,4)5)77-66(71)59-57-55-53-51-49-47-45-42-23-21-19-17-15-13-11-9-7-2/h9,11,15,17,21,23-25,45,47,64,68H,6-8,10,12-14,16,18-20,22,26-44,46,48-63H2,1-5H3/b11-9-,17-15-,23-21-,25-24-,47-45-. The van der Waals surface area contributed by atoms with Crippen molar-refractivity contribution in [3.8, 4) is 0 Å². The van der Waals surface area contributed by atoms with Gasteiger partial charge in [-0.05, 0) is 77.0 Å². The van der Waals surface area contributed by atoms with E-state index in [1.54, 1.807) is 0 Å². The summed E-state index contributed by atoms with van der Waals surface area (Å²) in [6.07, 6.45) is 73.1. The van der Waals surface area contributed by atoms with Gasteiger partial charge in [0.1, 0.15) is 13.2 Å². The van der Waals surface area contributed by atoms with Crippen molar-refractivity contribution in [1.82, 2.24) is 0 Å². The molecule has 0 aliphatic heterocycles. The minimum absolute atomic E-state index is 0.142. The second-order valence-electron chi connectivity index (χ2n) is 23.0. The first kappa shape index (κ1) is 74.0. The second-order valence-corrected chi connectivity index (χ2v) is 23.0. The number of carbonyl (C=O) groups excluding carboxylic acids is 3. The summed E-state index contributed by atoms with van der Waals surface area (Å²) in [6, 6.07) is 0. The second kappa shape index (κ2) is 59.1. The van der Waals surface area contributed by atoms with Crippen LogP contribution in [0.3, 0.4) is 0 Å². The van der Waals surface area contributed by atoms with E-state index in [1.807, 2.05) is 21.1 Å². The molecule has 0 amide bonds. The minimum Gasteiger partial charge on any atom is -0.545 e. The molecule has 0 aromatic heterocycles. The summed E-state index contributed by atoms with van der Waals surface area (Å²) in [5.41, 5.74) is 0. The first-order chi connectivity index (χ1) is 37.6. The zero-order valence-electron chi connectivity index (χ0n) is 51.1. The molecule has 0 rings (SSSR count). The minimum atomic E-state index is -1.63. The van der Waals surface area contributed by atoms with E-state index in [0.29, 0.717) is 17.4 Å². The summed E-state index contributed by atoms with van der Waals surface area (Å²) in [6.45, 7) is 4.63. The van der Waals surface area contributed by atoms with Gasteiger partial charge in [0.2, 0.25) is 0 Å². The first-order valence-electron chi connectivity index (χ1n) is 32.4. The van der Waals surface area contributed by atoms with Crippen molar-refractivity contribution in [2.45, 2.75) is 309 Å². The lowest BCUT2D eigenvalue weighted by atomic mass is 10.0. The molecule has 0 saturated heterocycles. The Morgan fingerprint density at radius 2 is 0.740 bits per heavy atom. The molecule has 0 spiro atoms. The lowest BCUT2D eigenvalue weighted by Crippen LogP contribution is -2.44. The molecule has 2 atom stereocenters. The van der Waals surface area contributed by atoms with Gasteiger partial charge in [0.15, 0.2) is 12.4 Å². The maximum Gasteiger partial charge on any atom is 0.306 e. The van der Waals surface area contributed by atoms with Gasteiger partial charge < -0.3 is 33.3 Å². The largest absolute Gasteiger partial charge is 0.545 e. The Kier molecular flexibility index (Phi) is 56.8. The van der Waals surface area contributed by atoms with Crippen LogP contribution < -0.4 is 5.11 Å². The number of carboxylic acid groups (broad SMARTS) is 1. The van der Waals surface area contributed by atoms with Crippen LogP contribution in [0.15, 0.2) is 60.8 Å². The number of carboxylic acids is 1. The Balaban J connectivity index is 4.03. The van der Waals surface area contributed by atoms with Crippen molar-refractivity contribution >= 4 is 17.9 Å². The third-order valence-electron chi connectivity index (χ3n) is 14.2. The lowest BCUT2D eigenvalue weighted by Gasteiger charge is -2.26. The summed E-state index contributed by atoms with van der Waals surface area (Å²) >= 11 is 0. The van der Waals surface area contributed by atoms with Crippen molar-refractivity contribution in [3.63, 3.8) is 0 Å². The molecule has 0 N–H and O–H groups in total. The molecule has 0 saturated carbocycles. The maximum absolute atomic E-state index is 12.8. The Labute approximate surface area is 475 Å². The number of quaternary nitrogens is 1. The molecule has 0 aliphatic rings. The Morgan fingerprint density at radius 1 is 0.403 bits per heavy atom. The van der Waals surface area contributed by atoms with Crippen molar-refractivity contribution in [2.75, 3.05) is 47.5 Å². The van der Waals surface area contributed by atoms with E-state index in [1.165, 1.54) is 193 Å². The quantitative estimate of drug-likeness (QED) is 0.0195. The van der Waals surface area contributed by atoms with Gasteiger partial charge in [-0.3, -0.25) is 9.59 Å². The molecule has 0 aromatic carbocycles. The fourth-order valence-electron chi connectivity index (χ4n) is 9.29. The molecular formula is C68H123NO8. The molecule has 77 heavy (non-hydrogen) atoms. The van der Waals surface area contributed by atoms with Gasteiger partial charge in [-0.1, -0.05) is 267 Å². The highest BCUT2D eigenvalue weighted by Crippen LogP contribution is 2.17. The predicted octanol–water partition coefficient (Wildman–Crippen LogP) is 18.2. The van der Waals surface area contributed by atoms with E-state index in [-0.39, 0.29) is 38.6 Å². The van der Waals surface area contributed by atoms with Gasteiger partial charge >= 0.3 is 11.9 Å². The lowest BCUT2D eigenvalue weighted by molar-refractivity contribution is -0.870. The average Bonchev–Trinajstić information content (AvgIpc) is 3.40. The highest BCUT2D eigenvalue weighted by atomic mass is 16.7. The summed E-state index contributed by atoms with van der Waals surface area (Å²) < 4.78 is 22.7. The molecular weight excluding hydrogens is 959 g/mol. The van der Waals surface area contributed by atoms with Gasteiger partial charge in [0.25, 0.3) is 0 Å². The van der Waals surface area contributed by atoms with E-state index in [4.69, 9.17) is 18.9 Å². The van der Waals surface area contributed by atoms with Crippen LogP contribution in [0.25, 0.3) is 0 Å². The molecule has 9 nitrogen and oxygen atoms in total. The molecule has 0 fully saturated rings. The number of carbonyl (C=O) groups is 3. The highest BCUT2D eigenvalue weighted by molar-refractivity contribution is 5.70. The number of hydrogen-bond acceptors (Lipinski definition) is 8. The zero-order chi connectivity index (χ0) is 56.2. The number of rotatable bonds is 60. The third kappa shape index (κ3) is 60.5. The van der Waals surface area contributed by atoms with Crippen LogP contribution in [0.2, 0.25) is 0 Å². The molecule has 0 bridgehead atoms. The highest BCUT2D eigenvalue weighted by Gasteiger charge is 2.22. The number of ether oxygens (including phenoxy) is 4. The van der Waals surface area contributed by atoms with Gasteiger partial charge in [-0.2, -0.15) is 0 Å². The number of allylic oxidation sites excluding steroid dienone is 10. The number of esters is 2. The summed E-state index contributed by atoms with van der Waals surface area (Å²) in [5, 5.41) is 11.8. The van der Waals surface area contributed by atoms with Gasteiger partial charge in [0, 0.05) is 12.8 Å². The number of nitrogens with zero attached hydrogens (tertiary/aromatic N) is 1. The number of aliphatic carboxylic acids is 1. The maximum atomic E-state index is 12.8. The fourth-order valence-corrected chi connectivity index (χ4v) is 9.29. The van der Waals surface area contributed by atoms with Crippen LogP contribution >= 0.6 is 0 Å². The SMILES string of the molecule is CC/C=C\C/C=C\C/C=C\C/C=C\CCCCCCC(=O)OC(COC(=O)CCCCCCCCCCCCCCCCCCCCCCCCC/C=C\CCCCCCCCCC)COC(OCC[N+](C)(C)C)C(=O)[O-]. The van der Waals surface area contributed by atoms with Crippen LogP contribution in [0.4, 0.5) is 0 Å².